The minimum atomic E-state index is -0.679. The standard InChI is InChI=1S/C30H48O5/c1-18(16-31)19-8-13-30(25(34)35)15-14-28(4)20(24(19)30)6-7-22-26(2)11-10-23(33)27(3,17-32)21(26)9-12-29(22,28)5/h19-24,31-33H,1,6-17H2,2-5H3,(H,34,35)/t19-,20+,21+,22+,23?,24+,26-,27?,28+,29+,30-/m0/s1. The average Bonchev–Trinajstić information content (AvgIpc) is 3.23. The molecule has 198 valence electrons. The number of fused-ring (bicyclic) bond motifs is 7. The Morgan fingerprint density at radius 1 is 0.857 bits per heavy atom. The molecule has 0 aromatic rings. The van der Waals surface area contributed by atoms with Crippen molar-refractivity contribution in [3.8, 4) is 0 Å². The third-order valence-corrected chi connectivity index (χ3v) is 13.7. The van der Waals surface area contributed by atoms with Crippen molar-refractivity contribution in [2.75, 3.05) is 13.2 Å². The van der Waals surface area contributed by atoms with Crippen LogP contribution in [-0.2, 0) is 4.79 Å². The molecule has 0 aromatic heterocycles. The number of carboxylic acid groups (broad SMARTS) is 1. The minimum Gasteiger partial charge on any atom is -0.481 e. The SMILES string of the molecule is C=C(CO)[C@@H]1CC[C@]2(C(=O)O)CC[C@]3(C)[C@H](CC[C@@H]4[C@@]5(C)CCC(O)C(C)(CO)[C@@H]5CC[C@]43C)[C@@H]12. The second-order valence-corrected chi connectivity index (χ2v) is 14.3. The molecule has 0 spiro atoms. The van der Waals surface area contributed by atoms with Gasteiger partial charge in [-0.1, -0.05) is 34.3 Å². The van der Waals surface area contributed by atoms with Crippen LogP contribution in [0.2, 0.25) is 0 Å². The van der Waals surface area contributed by atoms with E-state index in [9.17, 15) is 25.2 Å². The van der Waals surface area contributed by atoms with Crippen LogP contribution < -0.4 is 0 Å². The summed E-state index contributed by atoms with van der Waals surface area (Å²) in [4.78, 5) is 12.8. The summed E-state index contributed by atoms with van der Waals surface area (Å²) in [6, 6.07) is 0. The van der Waals surface area contributed by atoms with Crippen molar-refractivity contribution < 1.29 is 25.2 Å². The predicted octanol–water partition coefficient (Wildman–Crippen LogP) is 5.03. The summed E-state index contributed by atoms with van der Waals surface area (Å²) in [6.07, 6.45) is 8.73. The van der Waals surface area contributed by atoms with Crippen LogP contribution in [0.3, 0.4) is 0 Å². The highest BCUT2D eigenvalue weighted by molar-refractivity contribution is 5.76. The van der Waals surface area contributed by atoms with Crippen LogP contribution in [0.5, 0.6) is 0 Å². The van der Waals surface area contributed by atoms with Gasteiger partial charge in [0.15, 0.2) is 0 Å². The smallest absolute Gasteiger partial charge is 0.309 e. The quantitative estimate of drug-likeness (QED) is 0.416. The molecule has 0 amide bonds. The van der Waals surface area contributed by atoms with E-state index in [1.807, 2.05) is 0 Å². The maximum Gasteiger partial charge on any atom is 0.309 e. The summed E-state index contributed by atoms with van der Waals surface area (Å²) >= 11 is 0. The Balaban J connectivity index is 1.56. The van der Waals surface area contributed by atoms with E-state index in [1.165, 1.54) is 0 Å². The lowest BCUT2D eigenvalue weighted by Gasteiger charge is -2.72. The Labute approximate surface area is 211 Å². The average molecular weight is 489 g/mol. The molecule has 0 bridgehead atoms. The Morgan fingerprint density at radius 3 is 2.20 bits per heavy atom. The first-order valence-electron chi connectivity index (χ1n) is 14.2. The minimum absolute atomic E-state index is 0.0336. The van der Waals surface area contributed by atoms with Gasteiger partial charge in [0.2, 0.25) is 0 Å². The van der Waals surface area contributed by atoms with E-state index in [0.717, 1.165) is 63.4 Å². The Kier molecular flexibility index (Phi) is 5.91. The van der Waals surface area contributed by atoms with Gasteiger partial charge in [0.05, 0.1) is 24.7 Å². The zero-order chi connectivity index (χ0) is 25.6. The molecule has 0 saturated heterocycles. The largest absolute Gasteiger partial charge is 0.481 e. The summed E-state index contributed by atoms with van der Waals surface area (Å²) in [7, 11) is 0. The molecule has 5 rings (SSSR count). The van der Waals surface area contributed by atoms with E-state index < -0.39 is 22.9 Å². The number of rotatable bonds is 4. The Hall–Kier alpha value is -0.910. The van der Waals surface area contributed by atoms with Crippen molar-refractivity contribution in [2.24, 2.45) is 56.7 Å². The van der Waals surface area contributed by atoms with Crippen LogP contribution in [0, 0.1) is 56.7 Å². The van der Waals surface area contributed by atoms with E-state index in [-0.39, 0.29) is 41.3 Å². The van der Waals surface area contributed by atoms with Crippen LogP contribution in [-0.4, -0.2) is 45.7 Å². The highest BCUT2D eigenvalue weighted by Crippen LogP contribution is 2.77. The maximum absolute atomic E-state index is 12.8. The molecule has 2 unspecified atom stereocenters. The van der Waals surface area contributed by atoms with Gasteiger partial charge in [0.1, 0.15) is 0 Å². The van der Waals surface area contributed by atoms with Crippen LogP contribution in [0.15, 0.2) is 12.2 Å². The summed E-state index contributed by atoms with van der Waals surface area (Å²) in [5.74, 6) is 0.639. The van der Waals surface area contributed by atoms with Crippen molar-refractivity contribution in [3.05, 3.63) is 12.2 Å². The van der Waals surface area contributed by atoms with E-state index in [2.05, 4.69) is 34.3 Å². The van der Waals surface area contributed by atoms with Crippen LogP contribution >= 0.6 is 0 Å². The van der Waals surface area contributed by atoms with Crippen molar-refractivity contribution in [1.82, 2.24) is 0 Å². The van der Waals surface area contributed by atoms with E-state index in [0.29, 0.717) is 24.2 Å². The number of carbonyl (C=O) groups is 1. The predicted molar refractivity (Wildman–Crippen MR) is 135 cm³/mol. The van der Waals surface area contributed by atoms with E-state index in [4.69, 9.17) is 0 Å². The van der Waals surface area contributed by atoms with E-state index >= 15 is 0 Å². The van der Waals surface area contributed by atoms with Gasteiger partial charge in [0, 0.05) is 5.41 Å². The molecule has 5 nitrogen and oxygen atoms in total. The monoisotopic (exact) mass is 488 g/mol. The second-order valence-electron chi connectivity index (χ2n) is 14.3. The normalized spacial score (nSPS) is 55.3. The zero-order valence-electron chi connectivity index (χ0n) is 22.4. The number of aliphatic hydroxyl groups excluding tert-OH is 3. The van der Waals surface area contributed by atoms with Crippen molar-refractivity contribution in [1.29, 1.82) is 0 Å². The van der Waals surface area contributed by atoms with Crippen molar-refractivity contribution >= 4 is 5.97 Å². The van der Waals surface area contributed by atoms with Gasteiger partial charge in [-0.25, -0.2) is 0 Å². The first kappa shape index (κ1) is 25.7. The van der Waals surface area contributed by atoms with Gasteiger partial charge in [-0.3, -0.25) is 4.79 Å². The summed E-state index contributed by atoms with van der Waals surface area (Å²) in [5, 5.41) is 41.8. The maximum atomic E-state index is 12.8. The molecule has 0 aliphatic heterocycles. The highest BCUT2D eigenvalue weighted by atomic mass is 16.4. The van der Waals surface area contributed by atoms with Crippen LogP contribution in [0.4, 0.5) is 0 Å². The number of aliphatic hydroxyl groups is 3. The lowest BCUT2D eigenvalue weighted by Crippen LogP contribution is -2.67. The molecule has 5 saturated carbocycles. The zero-order valence-corrected chi connectivity index (χ0v) is 22.4. The number of hydrogen-bond donors (Lipinski definition) is 4. The summed E-state index contributed by atoms with van der Waals surface area (Å²) in [6.45, 7) is 13.7. The molecule has 0 aromatic carbocycles. The molecular formula is C30H48O5. The van der Waals surface area contributed by atoms with Crippen molar-refractivity contribution in [3.63, 3.8) is 0 Å². The van der Waals surface area contributed by atoms with Gasteiger partial charge in [-0.2, -0.15) is 0 Å². The summed E-state index contributed by atoms with van der Waals surface area (Å²) in [5.41, 5.74) is -0.0996. The molecule has 5 aliphatic rings. The first-order chi connectivity index (χ1) is 16.4. The number of carboxylic acids is 1. The number of aliphatic carboxylic acids is 1. The fourth-order valence-electron chi connectivity index (χ4n) is 11.6. The molecule has 5 aliphatic carbocycles. The van der Waals surface area contributed by atoms with E-state index in [1.54, 1.807) is 0 Å². The fourth-order valence-corrected chi connectivity index (χ4v) is 11.6. The van der Waals surface area contributed by atoms with Gasteiger partial charge in [-0.05, 0) is 116 Å². The molecule has 5 heteroatoms. The highest BCUT2D eigenvalue weighted by Gasteiger charge is 2.72. The molecule has 11 atom stereocenters. The molecule has 0 heterocycles. The van der Waals surface area contributed by atoms with Gasteiger partial charge >= 0.3 is 5.97 Å². The topological polar surface area (TPSA) is 98.0 Å². The van der Waals surface area contributed by atoms with Crippen LogP contribution in [0.1, 0.15) is 91.9 Å². The lowest BCUT2D eigenvalue weighted by atomic mass is 9.32. The van der Waals surface area contributed by atoms with Crippen LogP contribution in [0.25, 0.3) is 0 Å². The molecular weight excluding hydrogens is 440 g/mol. The lowest BCUT2D eigenvalue weighted by molar-refractivity contribution is -0.254. The Morgan fingerprint density at radius 2 is 1.57 bits per heavy atom. The fraction of sp³-hybridized carbons (Fsp3) is 0.900. The summed E-state index contributed by atoms with van der Waals surface area (Å²) < 4.78 is 0. The Bertz CT molecular complexity index is 901. The third-order valence-electron chi connectivity index (χ3n) is 13.7. The molecule has 5 fully saturated rings. The van der Waals surface area contributed by atoms with Crippen molar-refractivity contribution in [2.45, 2.75) is 98.0 Å². The first-order valence-corrected chi connectivity index (χ1v) is 14.2. The van der Waals surface area contributed by atoms with Gasteiger partial charge in [-0.15, -0.1) is 0 Å². The van der Waals surface area contributed by atoms with Gasteiger partial charge in [0.25, 0.3) is 0 Å². The molecule has 0 radical (unpaired) electrons. The third kappa shape index (κ3) is 3.01. The number of hydrogen-bond acceptors (Lipinski definition) is 4. The second kappa shape index (κ2) is 8.04. The molecule has 4 N–H and O–H groups in total. The molecule has 35 heavy (non-hydrogen) atoms. The van der Waals surface area contributed by atoms with Gasteiger partial charge < -0.3 is 20.4 Å².